The molecule has 108 valence electrons. The van der Waals surface area contributed by atoms with Crippen molar-refractivity contribution in [3.63, 3.8) is 0 Å². The zero-order chi connectivity index (χ0) is 15.1. The summed E-state index contributed by atoms with van der Waals surface area (Å²) in [5.74, 6) is 6.34. The van der Waals surface area contributed by atoms with Crippen molar-refractivity contribution >= 4 is 0 Å². The molecule has 2 aromatic rings. The van der Waals surface area contributed by atoms with Gasteiger partial charge in [-0.1, -0.05) is 11.8 Å². The average molecular weight is 285 g/mol. The van der Waals surface area contributed by atoms with Gasteiger partial charge in [0, 0.05) is 17.7 Å². The molecule has 0 radical (unpaired) electrons. The molecule has 6 nitrogen and oxygen atoms in total. The van der Waals surface area contributed by atoms with E-state index in [9.17, 15) is 9.59 Å². The second kappa shape index (κ2) is 7.12. The SMILES string of the molecule is NCC#Cc1ccc(OCCn2[nH]c(=O)ccc2=O)cc1. The number of nitrogens with zero attached hydrogens (tertiary/aromatic N) is 1. The number of rotatable bonds is 4. The van der Waals surface area contributed by atoms with Crippen LogP contribution in [0.5, 0.6) is 5.75 Å². The molecule has 0 bridgehead atoms. The van der Waals surface area contributed by atoms with Gasteiger partial charge >= 0.3 is 0 Å². The number of benzene rings is 1. The summed E-state index contributed by atoms with van der Waals surface area (Å²) in [6.45, 7) is 0.861. The molecule has 0 aliphatic carbocycles. The zero-order valence-corrected chi connectivity index (χ0v) is 11.3. The van der Waals surface area contributed by atoms with Gasteiger partial charge in [0.05, 0.1) is 13.1 Å². The first-order valence-corrected chi connectivity index (χ1v) is 6.41. The first kappa shape index (κ1) is 14.6. The van der Waals surface area contributed by atoms with E-state index in [4.69, 9.17) is 10.5 Å². The van der Waals surface area contributed by atoms with Crippen LogP contribution in [0.4, 0.5) is 0 Å². The lowest BCUT2D eigenvalue weighted by atomic mass is 10.2. The summed E-state index contributed by atoms with van der Waals surface area (Å²) in [4.78, 5) is 22.6. The molecule has 1 heterocycles. The van der Waals surface area contributed by atoms with Crippen molar-refractivity contribution < 1.29 is 4.74 Å². The summed E-state index contributed by atoms with van der Waals surface area (Å²) in [6.07, 6.45) is 0. The number of hydrogen-bond donors (Lipinski definition) is 2. The van der Waals surface area contributed by atoms with Crippen LogP contribution in [0.2, 0.25) is 0 Å². The minimum absolute atomic E-state index is 0.268. The first-order chi connectivity index (χ1) is 10.2. The average Bonchev–Trinajstić information content (AvgIpc) is 2.50. The largest absolute Gasteiger partial charge is 0.492 e. The monoisotopic (exact) mass is 285 g/mol. The molecule has 1 aromatic heterocycles. The quantitative estimate of drug-likeness (QED) is 0.769. The second-order valence-electron chi connectivity index (χ2n) is 4.18. The van der Waals surface area contributed by atoms with Gasteiger partial charge in [-0.2, -0.15) is 0 Å². The van der Waals surface area contributed by atoms with Gasteiger partial charge in [0.2, 0.25) is 0 Å². The molecule has 0 fully saturated rings. The van der Waals surface area contributed by atoms with Crippen LogP contribution in [0.25, 0.3) is 0 Å². The fourth-order valence-corrected chi connectivity index (χ4v) is 1.67. The maximum Gasteiger partial charge on any atom is 0.265 e. The first-order valence-electron chi connectivity index (χ1n) is 6.41. The number of nitrogens with two attached hydrogens (primary N) is 1. The molecule has 1 aromatic carbocycles. The van der Waals surface area contributed by atoms with Crippen molar-refractivity contribution in [2.75, 3.05) is 13.2 Å². The summed E-state index contributed by atoms with van der Waals surface area (Å²) < 4.78 is 6.72. The van der Waals surface area contributed by atoms with E-state index in [0.717, 1.165) is 5.56 Å². The van der Waals surface area contributed by atoms with Crippen molar-refractivity contribution in [3.05, 3.63) is 62.7 Å². The highest BCUT2D eigenvalue weighted by molar-refractivity contribution is 5.38. The Bertz CT molecular complexity index is 763. The highest BCUT2D eigenvalue weighted by Gasteiger charge is 1.98. The Kier molecular flexibility index (Phi) is 4.96. The van der Waals surface area contributed by atoms with E-state index in [1.807, 2.05) is 12.1 Å². The fourth-order valence-electron chi connectivity index (χ4n) is 1.67. The van der Waals surface area contributed by atoms with Crippen LogP contribution in [0.15, 0.2) is 46.0 Å². The number of ether oxygens (including phenoxy) is 1. The van der Waals surface area contributed by atoms with Gasteiger partial charge in [-0.15, -0.1) is 0 Å². The van der Waals surface area contributed by atoms with Crippen molar-refractivity contribution in [2.24, 2.45) is 5.73 Å². The van der Waals surface area contributed by atoms with Crippen molar-refractivity contribution in [1.82, 2.24) is 9.78 Å². The summed E-state index contributed by atoms with van der Waals surface area (Å²) in [6, 6.07) is 9.65. The third kappa shape index (κ3) is 4.37. The van der Waals surface area contributed by atoms with Crippen LogP contribution < -0.4 is 21.6 Å². The Hall–Kier alpha value is -2.78. The summed E-state index contributed by atoms with van der Waals surface area (Å²) in [5.41, 5.74) is 5.56. The van der Waals surface area contributed by atoms with Crippen LogP contribution >= 0.6 is 0 Å². The van der Waals surface area contributed by atoms with E-state index >= 15 is 0 Å². The fraction of sp³-hybridized carbons (Fsp3) is 0.200. The van der Waals surface area contributed by atoms with E-state index in [-0.39, 0.29) is 24.3 Å². The van der Waals surface area contributed by atoms with Gasteiger partial charge in [0.25, 0.3) is 11.1 Å². The van der Waals surface area contributed by atoms with E-state index in [2.05, 4.69) is 16.9 Å². The topological polar surface area (TPSA) is 90.1 Å². The highest BCUT2D eigenvalue weighted by Crippen LogP contribution is 2.11. The minimum Gasteiger partial charge on any atom is -0.492 e. The molecule has 6 heteroatoms. The predicted molar refractivity (Wildman–Crippen MR) is 79.2 cm³/mol. The molecule has 21 heavy (non-hydrogen) atoms. The molecule has 3 N–H and O–H groups in total. The molecule has 0 amide bonds. The molecule has 2 rings (SSSR count). The Morgan fingerprint density at radius 2 is 1.90 bits per heavy atom. The molecular weight excluding hydrogens is 270 g/mol. The second-order valence-corrected chi connectivity index (χ2v) is 4.18. The van der Waals surface area contributed by atoms with Gasteiger partial charge in [-0.3, -0.25) is 14.7 Å². The predicted octanol–water partition coefficient (Wildman–Crippen LogP) is -0.0742. The lowest BCUT2D eigenvalue weighted by Gasteiger charge is -2.07. The highest BCUT2D eigenvalue weighted by atomic mass is 16.5. The van der Waals surface area contributed by atoms with Crippen LogP contribution in [0.3, 0.4) is 0 Å². The molecule has 0 aliphatic heterocycles. The molecule has 0 atom stereocenters. The van der Waals surface area contributed by atoms with Gasteiger partial charge in [0.1, 0.15) is 12.4 Å². The Morgan fingerprint density at radius 1 is 1.14 bits per heavy atom. The lowest BCUT2D eigenvalue weighted by Crippen LogP contribution is -2.29. The standard InChI is InChI=1S/C15H15N3O3/c16-9-1-2-12-3-5-13(6-4-12)21-11-10-18-15(20)8-7-14(19)17-18/h3-8H,9-11,16H2,(H,17,19). The van der Waals surface area contributed by atoms with Crippen LogP contribution in [0.1, 0.15) is 5.56 Å². The van der Waals surface area contributed by atoms with Crippen molar-refractivity contribution in [3.8, 4) is 17.6 Å². The lowest BCUT2D eigenvalue weighted by molar-refractivity contribution is 0.287. The van der Waals surface area contributed by atoms with E-state index in [1.165, 1.54) is 16.8 Å². The summed E-state index contributed by atoms with van der Waals surface area (Å²) >= 11 is 0. The van der Waals surface area contributed by atoms with E-state index in [1.54, 1.807) is 12.1 Å². The Morgan fingerprint density at radius 3 is 2.62 bits per heavy atom. The van der Waals surface area contributed by atoms with Gasteiger partial charge in [0.15, 0.2) is 0 Å². The molecule has 0 aliphatic rings. The molecule has 0 saturated heterocycles. The molecule has 0 spiro atoms. The molecule has 0 unspecified atom stereocenters. The number of nitrogens with one attached hydrogen (secondary N) is 1. The van der Waals surface area contributed by atoms with Crippen LogP contribution in [-0.4, -0.2) is 22.9 Å². The van der Waals surface area contributed by atoms with Gasteiger partial charge in [-0.25, -0.2) is 4.68 Å². The summed E-state index contributed by atoms with van der Waals surface area (Å²) in [7, 11) is 0. The minimum atomic E-state index is -0.322. The third-order valence-corrected chi connectivity index (χ3v) is 2.66. The smallest absolute Gasteiger partial charge is 0.265 e. The number of aromatic nitrogens is 2. The normalized spacial score (nSPS) is 9.76. The van der Waals surface area contributed by atoms with Crippen LogP contribution in [0, 0.1) is 11.8 Å². The maximum absolute atomic E-state index is 11.5. The maximum atomic E-state index is 11.5. The third-order valence-electron chi connectivity index (χ3n) is 2.66. The molecular formula is C15H15N3O3. The van der Waals surface area contributed by atoms with E-state index < -0.39 is 0 Å². The van der Waals surface area contributed by atoms with Gasteiger partial charge in [-0.05, 0) is 24.3 Å². The van der Waals surface area contributed by atoms with Gasteiger partial charge < -0.3 is 10.5 Å². The van der Waals surface area contributed by atoms with Crippen molar-refractivity contribution in [2.45, 2.75) is 6.54 Å². The number of H-pyrrole nitrogens is 1. The van der Waals surface area contributed by atoms with Crippen molar-refractivity contribution in [1.29, 1.82) is 0 Å². The number of hydrogen-bond acceptors (Lipinski definition) is 4. The Balaban J connectivity index is 1.93. The Labute approximate surface area is 121 Å². The van der Waals surface area contributed by atoms with Crippen LogP contribution in [-0.2, 0) is 6.54 Å². The molecule has 0 saturated carbocycles. The zero-order valence-electron chi connectivity index (χ0n) is 11.3. The van der Waals surface area contributed by atoms with E-state index in [0.29, 0.717) is 12.3 Å². The number of aromatic amines is 1. The summed E-state index contributed by atoms with van der Waals surface area (Å²) in [5, 5.41) is 2.43.